The summed E-state index contributed by atoms with van der Waals surface area (Å²) in [4.78, 5) is 12.3. The second kappa shape index (κ2) is 6.95. The number of nitrogens with one attached hydrogen (secondary N) is 1. The molecule has 0 bridgehead atoms. The van der Waals surface area contributed by atoms with Crippen LogP contribution in [0.15, 0.2) is 41.4 Å². The topological polar surface area (TPSA) is 105 Å². The smallest absolute Gasteiger partial charge is 0.256 e. The van der Waals surface area contributed by atoms with Crippen LogP contribution in [0.1, 0.15) is 23.2 Å². The first-order valence-electron chi connectivity index (χ1n) is 7.95. The van der Waals surface area contributed by atoms with E-state index in [1.54, 1.807) is 24.0 Å². The molecule has 2 N–H and O–H groups in total. The number of β-amino-alcohol motifs (C(OH)–C–C–N with tert-alkyl or cyclic N) is 1. The number of piperidine rings is 1. The molecule has 0 saturated carbocycles. The number of carbonyl (C=O) groups excluding carboxylic acids is 1. The van der Waals surface area contributed by atoms with E-state index in [1.165, 1.54) is 28.6 Å². The molecule has 8 nitrogen and oxygen atoms in total. The van der Waals surface area contributed by atoms with Gasteiger partial charge in [0.05, 0.1) is 11.0 Å². The fourth-order valence-corrected chi connectivity index (χ4v) is 4.25. The lowest BCUT2D eigenvalue weighted by Crippen LogP contribution is -2.42. The van der Waals surface area contributed by atoms with Gasteiger partial charge in [0.25, 0.3) is 5.91 Å². The second-order valence-electron chi connectivity index (χ2n) is 6.01. The first-order chi connectivity index (χ1) is 11.9. The van der Waals surface area contributed by atoms with Gasteiger partial charge >= 0.3 is 0 Å². The number of sulfonamides is 1. The third-order valence-electron chi connectivity index (χ3n) is 4.07. The van der Waals surface area contributed by atoms with E-state index in [1.807, 2.05) is 0 Å². The lowest BCUT2D eigenvalue weighted by Gasteiger charge is -2.29. The van der Waals surface area contributed by atoms with Crippen LogP contribution in [0.2, 0.25) is 0 Å². The van der Waals surface area contributed by atoms with Crippen molar-refractivity contribution in [1.82, 2.24) is 14.1 Å². The molecule has 0 spiro atoms. The van der Waals surface area contributed by atoms with Crippen LogP contribution in [0.4, 0.5) is 5.82 Å². The van der Waals surface area contributed by atoms with Gasteiger partial charge in [0.2, 0.25) is 10.0 Å². The molecule has 0 radical (unpaired) electrons. The van der Waals surface area contributed by atoms with Crippen LogP contribution in [0.5, 0.6) is 0 Å². The summed E-state index contributed by atoms with van der Waals surface area (Å²) in [6.07, 6.45) is 2.31. The summed E-state index contributed by atoms with van der Waals surface area (Å²) < 4.78 is 28.1. The molecule has 134 valence electrons. The van der Waals surface area contributed by atoms with E-state index in [0.717, 1.165) is 0 Å². The third kappa shape index (κ3) is 3.89. The van der Waals surface area contributed by atoms with E-state index >= 15 is 0 Å². The van der Waals surface area contributed by atoms with E-state index in [0.29, 0.717) is 30.8 Å². The molecule has 1 fully saturated rings. The van der Waals surface area contributed by atoms with Gasteiger partial charge in [0, 0.05) is 38.0 Å². The van der Waals surface area contributed by atoms with Crippen LogP contribution in [0.3, 0.4) is 0 Å². The Labute approximate surface area is 146 Å². The van der Waals surface area contributed by atoms with E-state index < -0.39 is 16.1 Å². The van der Waals surface area contributed by atoms with Gasteiger partial charge < -0.3 is 10.4 Å². The second-order valence-corrected chi connectivity index (χ2v) is 7.95. The molecule has 2 aromatic rings. The van der Waals surface area contributed by atoms with Crippen molar-refractivity contribution in [2.24, 2.45) is 7.05 Å². The SMILES string of the molecule is Cn1ccc(NC(=O)c2ccc(S(=O)(=O)N3CCC[C@@H](O)C3)cc2)n1. The summed E-state index contributed by atoms with van der Waals surface area (Å²) in [7, 11) is -1.92. The first kappa shape index (κ1) is 17.6. The predicted octanol–water partition coefficient (Wildman–Crippen LogP) is 0.818. The van der Waals surface area contributed by atoms with Crippen molar-refractivity contribution in [2.45, 2.75) is 23.8 Å². The van der Waals surface area contributed by atoms with E-state index in [4.69, 9.17) is 0 Å². The number of aliphatic hydroxyl groups excluding tert-OH is 1. The molecule has 1 saturated heterocycles. The third-order valence-corrected chi connectivity index (χ3v) is 5.95. The molecule has 1 aliphatic heterocycles. The summed E-state index contributed by atoms with van der Waals surface area (Å²) in [5.74, 6) is 0.0579. The predicted molar refractivity (Wildman–Crippen MR) is 91.6 cm³/mol. The van der Waals surface area contributed by atoms with E-state index in [-0.39, 0.29) is 17.3 Å². The minimum Gasteiger partial charge on any atom is -0.392 e. The zero-order valence-corrected chi connectivity index (χ0v) is 14.6. The fourth-order valence-electron chi connectivity index (χ4n) is 2.74. The Hall–Kier alpha value is -2.23. The number of rotatable bonds is 4. The van der Waals surface area contributed by atoms with Gasteiger partial charge in [0.1, 0.15) is 0 Å². The maximum Gasteiger partial charge on any atom is 0.256 e. The molecule has 1 aromatic heterocycles. The Morgan fingerprint density at radius 3 is 2.60 bits per heavy atom. The molecule has 1 aliphatic rings. The van der Waals surface area contributed by atoms with Gasteiger partial charge in [-0.2, -0.15) is 9.40 Å². The molecular formula is C16H20N4O4S. The number of amides is 1. The lowest BCUT2D eigenvalue weighted by molar-refractivity contribution is 0.102. The Kier molecular flexibility index (Phi) is 4.89. The molecule has 3 rings (SSSR count). The minimum absolute atomic E-state index is 0.101. The molecule has 9 heteroatoms. The van der Waals surface area contributed by atoms with Crippen LogP contribution in [0, 0.1) is 0 Å². The quantitative estimate of drug-likeness (QED) is 0.836. The average Bonchev–Trinajstić information content (AvgIpc) is 3.00. The number of hydrogen-bond donors (Lipinski definition) is 2. The first-order valence-corrected chi connectivity index (χ1v) is 9.39. The van der Waals surface area contributed by atoms with Gasteiger partial charge in [-0.3, -0.25) is 9.48 Å². The largest absolute Gasteiger partial charge is 0.392 e. The van der Waals surface area contributed by atoms with Crippen molar-refractivity contribution in [2.75, 3.05) is 18.4 Å². The zero-order chi connectivity index (χ0) is 18.0. The highest BCUT2D eigenvalue weighted by Crippen LogP contribution is 2.21. The van der Waals surface area contributed by atoms with Gasteiger partial charge in [-0.25, -0.2) is 8.42 Å². The normalized spacial score (nSPS) is 18.9. The summed E-state index contributed by atoms with van der Waals surface area (Å²) in [5.41, 5.74) is 0.336. The van der Waals surface area contributed by atoms with Crippen molar-refractivity contribution in [3.8, 4) is 0 Å². The summed E-state index contributed by atoms with van der Waals surface area (Å²) in [6.45, 7) is 0.492. The van der Waals surface area contributed by atoms with Crippen LogP contribution in [0.25, 0.3) is 0 Å². The van der Waals surface area contributed by atoms with Gasteiger partial charge in [-0.1, -0.05) is 0 Å². The summed E-state index contributed by atoms with van der Waals surface area (Å²) in [6, 6.07) is 7.41. The molecule has 2 heterocycles. The van der Waals surface area contributed by atoms with E-state index in [2.05, 4.69) is 10.4 Å². The fraction of sp³-hybridized carbons (Fsp3) is 0.375. The van der Waals surface area contributed by atoms with Crippen LogP contribution < -0.4 is 5.32 Å². The monoisotopic (exact) mass is 364 g/mol. The van der Waals surface area contributed by atoms with Crippen molar-refractivity contribution in [3.63, 3.8) is 0 Å². The van der Waals surface area contributed by atoms with Crippen molar-refractivity contribution in [1.29, 1.82) is 0 Å². The maximum atomic E-state index is 12.6. The Morgan fingerprint density at radius 2 is 2.00 bits per heavy atom. The number of aromatic nitrogens is 2. The minimum atomic E-state index is -3.67. The summed E-state index contributed by atoms with van der Waals surface area (Å²) in [5, 5.41) is 16.4. The Balaban J connectivity index is 1.74. The number of aryl methyl sites for hydroxylation is 1. The van der Waals surface area contributed by atoms with E-state index in [9.17, 15) is 18.3 Å². The standard InChI is InChI=1S/C16H20N4O4S/c1-19-10-8-15(18-19)17-16(22)12-4-6-14(7-5-12)25(23,24)20-9-2-3-13(21)11-20/h4-8,10,13,21H,2-3,9,11H2,1H3,(H,17,18,22)/t13-/m1/s1. The highest BCUT2D eigenvalue weighted by molar-refractivity contribution is 7.89. The lowest BCUT2D eigenvalue weighted by atomic mass is 10.1. The number of carbonyl (C=O) groups is 1. The van der Waals surface area contributed by atoms with Crippen LogP contribution >= 0.6 is 0 Å². The molecule has 25 heavy (non-hydrogen) atoms. The van der Waals surface area contributed by atoms with Gasteiger partial charge in [-0.05, 0) is 37.1 Å². The van der Waals surface area contributed by atoms with Crippen molar-refractivity contribution < 1.29 is 18.3 Å². The van der Waals surface area contributed by atoms with Crippen molar-refractivity contribution in [3.05, 3.63) is 42.1 Å². The highest BCUT2D eigenvalue weighted by Gasteiger charge is 2.29. The molecule has 0 unspecified atom stereocenters. The van der Waals surface area contributed by atoms with Crippen LogP contribution in [-0.2, 0) is 17.1 Å². The maximum absolute atomic E-state index is 12.6. The van der Waals surface area contributed by atoms with Crippen molar-refractivity contribution >= 4 is 21.7 Å². The van der Waals surface area contributed by atoms with Crippen LogP contribution in [-0.4, -0.2) is 52.7 Å². The Bertz CT molecular complexity index is 861. The summed E-state index contributed by atoms with van der Waals surface area (Å²) >= 11 is 0. The molecular weight excluding hydrogens is 344 g/mol. The number of benzene rings is 1. The average molecular weight is 364 g/mol. The zero-order valence-electron chi connectivity index (χ0n) is 13.8. The van der Waals surface area contributed by atoms with Gasteiger partial charge in [-0.15, -0.1) is 0 Å². The number of hydrogen-bond acceptors (Lipinski definition) is 5. The number of aliphatic hydroxyl groups is 1. The molecule has 1 amide bonds. The van der Waals surface area contributed by atoms with Gasteiger partial charge in [0.15, 0.2) is 5.82 Å². The number of nitrogens with zero attached hydrogens (tertiary/aromatic N) is 3. The molecule has 1 aromatic carbocycles. The Morgan fingerprint density at radius 1 is 1.28 bits per heavy atom. The molecule has 1 atom stereocenters. The molecule has 0 aliphatic carbocycles. The highest BCUT2D eigenvalue weighted by atomic mass is 32.2. The number of anilines is 1.